The molecule has 0 saturated carbocycles. The summed E-state index contributed by atoms with van der Waals surface area (Å²) in [5, 5.41) is 7.37. The van der Waals surface area contributed by atoms with Gasteiger partial charge in [-0.2, -0.15) is 0 Å². The van der Waals surface area contributed by atoms with Crippen molar-refractivity contribution in [3.05, 3.63) is 48.0 Å². The summed E-state index contributed by atoms with van der Waals surface area (Å²) in [6.45, 7) is 0.458. The second kappa shape index (κ2) is 8.67. The minimum atomic E-state index is -0.375. The van der Waals surface area contributed by atoms with Gasteiger partial charge in [0.1, 0.15) is 0 Å². The summed E-state index contributed by atoms with van der Waals surface area (Å²) in [4.78, 5) is 34.6. The van der Waals surface area contributed by atoms with Crippen LogP contribution in [0.25, 0.3) is 10.8 Å². The van der Waals surface area contributed by atoms with Crippen LogP contribution in [0, 0.1) is 0 Å². The number of nitrogens with one attached hydrogen (secondary N) is 2. The van der Waals surface area contributed by atoms with Gasteiger partial charge < -0.3 is 15.4 Å². The van der Waals surface area contributed by atoms with Gasteiger partial charge in [0.2, 0.25) is 5.91 Å². The maximum Gasteiger partial charge on any atom is 0.307 e. The van der Waals surface area contributed by atoms with E-state index in [-0.39, 0.29) is 43.7 Å². The lowest BCUT2D eigenvalue weighted by molar-refractivity contribution is -0.140. The number of hydrogen-bond donors (Lipinski definition) is 2. The van der Waals surface area contributed by atoms with Gasteiger partial charge in [0.05, 0.1) is 13.5 Å². The van der Waals surface area contributed by atoms with Crippen LogP contribution in [-0.2, 0) is 14.3 Å². The molecule has 0 radical (unpaired) electrons. The topological polar surface area (TPSA) is 84.5 Å². The van der Waals surface area contributed by atoms with Crippen molar-refractivity contribution in [1.29, 1.82) is 0 Å². The first-order valence-corrected chi connectivity index (χ1v) is 7.70. The predicted octanol–water partition coefficient (Wildman–Crippen LogP) is 1.64. The monoisotopic (exact) mass is 328 g/mol. The van der Waals surface area contributed by atoms with Crippen molar-refractivity contribution in [3.8, 4) is 0 Å². The molecule has 0 saturated heterocycles. The number of rotatable bonds is 7. The summed E-state index contributed by atoms with van der Waals surface area (Å²) in [6, 6.07) is 13.3. The summed E-state index contributed by atoms with van der Waals surface area (Å²) in [5.41, 5.74) is 0.555. The Labute approximate surface area is 140 Å². The fourth-order valence-electron chi connectivity index (χ4n) is 2.22. The fourth-order valence-corrected chi connectivity index (χ4v) is 2.22. The molecule has 24 heavy (non-hydrogen) atoms. The van der Waals surface area contributed by atoms with Crippen LogP contribution in [0.2, 0.25) is 0 Å². The minimum absolute atomic E-state index is 0.131. The number of ether oxygens (including phenoxy) is 1. The lowest BCUT2D eigenvalue weighted by Gasteiger charge is -2.07. The highest BCUT2D eigenvalue weighted by atomic mass is 16.5. The molecule has 0 atom stereocenters. The predicted molar refractivity (Wildman–Crippen MR) is 90.5 cm³/mol. The molecule has 2 amide bonds. The SMILES string of the molecule is COC(=O)CCNC(=O)CCNC(=O)c1ccc2ccccc2c1. The van der Waals surface area contributed by atoms with Crippen LogP contribution < -0.4 is 10.6 Å². The molecule has 0 aliphatic rings. The van der Waals surface area contributed by atoms with E-state index in [0.717, 1.165) is 10.8 Å². The summed E-state index contributed by atoms with van der Waals surface area (Å²) in [6.07, 6.45) is 0.284. The van der Waals surface area contributed by atoms with Crippen molar-refractivity contribution in [1.82, 2.24) is 10.6 Å². The van der Waals surface area contributed by atoms with Crippen molar-refractivity contribution in [2.45, 2.75) is 12.8 Å². The van der Waals surface area contributed by atoms with Gasteiger partial charge in [-0.1, -0.05) is 30.3 Å². The lowest BCUT2D eigenvalue weighted by Crippen LogP contribution is -2.31. The third-order valence-electron chi connectivity index (χ3n) is 3.53. The van der Waals surface area contributed by atoms with Crippen molar-refractivity contribution >= 4 is 28.6 Å². The van der Waals surface area contributed by atoms with E-state index in [1.165, 1.54) is 7.11 Å². The first kappa shape index (κ1) is 17.5. The molecule has 6 nitrogen and oxygen atoms in total. The molecule has 0 bridgehead atoms. The number of esters is 1. The highest BCUT2D eigenvalue weighted by molar-refractivity contribution is 5.98. The molecular weight excluding hydrogens is 308 g/mol. The average molecular weight is 328 g/mol. The number of carbonyl (C=O) groups is 3. The van der Waals surface area contributed by atoms with Gasteiger partial charge in [0, 0.05) is 25.1 Å². The molecule has 2 aromatic carbocycles. The number of fused-ring (bicyclic) bond motifs is 1. The fraction of sp³-hybridized carbons (Fsp3) is 0.278. The molecule has 2 aromatic rings. The Morgan fingerprint density at radius 2 is 1.62 bits per heavy atom. The normalized spacial score (nSPS) is 10.2. The molecule has 2 N–H and O–H groups in total. The number of amides is 2. The van der Waals surface area contributed by atoms with Crippen LogP contribution in [0.15, 0.2) is 42.5 Å². The van der Waals surface area contributed by atoms with Crippen LogP contribution >= 0.6 is 0 Å². The molecule has 0 aliphatic heterocycles. The molecule has 0 aromatic heterocycles. The Morgan fingerprint density at radius 1 is 0.917 bits per heavy atom. The Balaban J connectivity index is 1.76. The maximum absolute atomic E-state index is 12.1. The lowest BCUT2D eigenvalue weighted by atomic mass is 10.1. The summed E-state index contributed by atoms with van der Waals surface area (Å²) < 4.78 is 4.48. The van der Waals surface area contributed by atoms with E-state index in [2.05, 4.69) is 15.4 Å². The van der Waals surface area contributed by atoms with Crippen LogP contribution in [0.1, 0.15) is 23.2 Å². The first-order chi connectivity index (χ1) is 11.6. The van der Waals surface area contributed by atoms with E-state index in [9.17, 15) is 14.4 Å². The number of hydrogen-bond acceptors (Lipinski definition) is 4. The summed E-state index contributed by atoms with van der Waals surface area (Å²) in [5.74, 6) is -0.819. The van der Waals surface area contributed by atoms with E-state index in [1.807, 2.05) is 36.4 Å². The molecule has 0 spiro atoms. The van der Waals surface area contributed by atoms with Crippen LogP contribution in [0.5, 0.6) is 0 Å². The second-order valence-electron chi connectivity index (χ2n) is 5.24. The number of carbonyl (C=O) groups excluding carboxylic acids is 3. The quantitative estimate of drug-likeness (QED) is 0.757. The Kier molecular flexibility index (Phi) is 6.31. The van der Waals surface area contributed by atoms with Crippen molar-refractivity contribution in [3.63, 3.8) is 0 Å². The van der Waals surface area contributed by atoms with E-state index >= 15 is 0 Å². The highest BCUT2D eigenvalue weighted by Crippen LogP contribution is 2.15. The van der Waals surface area contributed by atoms with Crippen LogP contribution in [0.3, 0.4) is 0 Å². The van der Waals surface area contributed by atoms with E-state index < -0.39 is 0 Å². The molecule has 0 fully saturated rings. The van der Waals surface area contributed by atoms with Crippen molar-refractivity contribution in [2.75, 3.05) is 20.2 Å². The smallest absolute Gasteiger partial charge is 0.307 e. The molecule has 6 heteroatoms. The van der Waals surface area contributed by atoms with Gasteiger partial charge in [-0.3, -0.25) is 14.4 Å². The standard InChI is InChI=1S/C18H20N2O4/c1-24-17(22)9-11-19-16(21)8-10-20-18(23)15-7-6-13-4-2-3-5-14(13)12-15/h2-7,12H,8-11H2,1H3,(H,19,21)(H,20,23). The number of benzene rings is 2. The third-order valence-corrected chi connectivity index (χ3v) is 3.53. The summed E-state index contributed by atoms with van der Waals surface area (Å²) in [7, 11) is 1.30. The van der Waals surface area contributed by atoms with Crippen LogP contribution in [-0.4, -0.2) is 38.0 Å². The Hall–Kier alpha value is -2.89. The second-order valence-corrected chi connectivity index (χ2v) is 5.24. The summed E-state index contributed by atoms with van der Waals surface area (Å²) >= 11 is 0. The molecule has 0 heterocycles. The first-order valence-electron chi connectivity index (χ1n) is 7.70. The zero-order valence-corrected chi connectivity index (χ0v) is 13.5. The zero-order chi connectivity index (χ0) is 17.4. The zero-order valence-electron chi connectivity index (χ0n) is 13.5. The third kappa shape index (κ3) is 5.08. The molecule has 0 unspecified atom stereocenters. The Morgan fingerprint density at radius 3 is 2.38 bits per heavy atom. The van der Waals surface area contributed by atoms with E-state index in [4.69, 9.17) is 0 Å². The van der Waals surface area contributed by atoms with Gasteiger partial charge in [-0.05, 0) is 22.9 Å². The minimum Gasteiger partial charge on any atom is -0.469 e. The molecule has 126 valence electrons. The van der Waals surface area contributed by atoms with E-state index in [1.54, 1.807) is 6.07 Å². The highest BCUT2D eigenvalue weighted by Gasteiger charge is 2.08. The van der Waals surface area contributed by atoms with Crippen molar-refractivity contribution < 1.29 is 19.1 Å². The van der Waals surface area contributed by atoms with Crippen molar-refractivity contribution in [2.24, 2.45) is 0 Å². The van der Waals surface area contributed by atoms with E-state index in [0.29, 0.717) is 5.56 Å². The van der Waals surface area contributed by atoms with Crippen LogP contribution in [0.4, 0.5) is 0 Å². The van der Waals surface area contributed by atoms with Gasteiger partial charge >= 0.3 is 5.97 Å². The molecule has 0 aliphatic carbocycles. The average Bonchev–Trinajstić information content (AvgIpc) is 2.61. The maximum atomic E-state index is 12.1. The largest absolute Gasteiger partial charge is 0.469 e. The molecule has 2 rings (SSSR count). The molecular formula is C18H20N2O4. The number of methoxy groups -OCH3 is 1. The van der Waals surface area contributed by atoms with Gasteiger partial charge in [-0.15, -0.1) is 0 Å². The van der Waals surface area contributed by atoms with Gasteiger partial charge in [0.25, 0.3) is 5.91 Å². The Bertz CT molecular complexity index is 743. The van der Waals surface area contributed by atoms with Gasteiger partial charge in [-0.25, -0.2) is 0 Å². The van der Waals surface area contributed by atoms with Gasteiger partial charge in [0.15, 0.2) is 0 Å².